The van der Waals surface area contributed by atoms with Crippen molar-refractivity contribution in [1.82, 2.24) is 10.3 Å². The summed E-state index contributed by atoms with van der Waals surface area (Å²) in [6.45, 7) is 2.12. The van der Waals surface area contributed by atoms with Gasteiger partial charge in [0.05, 0.1) is 12.7 Å². The van der Waals surface area contributed by atoms with E-state index in [1.165, 1.54) is 0 Å². The summed E-state index contributed by atoms with van der Waals surface area (Å²) in [5.74, 6) is 0.126. The number of nitrogens with one attached hydrogen (secondary N) is 1. The largest absolute Gasteiger partial charge is 0.497 e. The lowest BCUT2D eigenvalue weighted by Crippen LogP contribution is -2.24. The van der Waals surface area contributed by atoms with E-state index in [1.54, 1.807) is 13.2 Å². The topological polar surface area (TPSA) is 51.2 Å². The Morgan fingerprint density at radius 2 is 2.00 bits per heavy atom. The number of methoxy groups -OCH3 is 1. The minimum Gasteiger partial charge on any atom is -0.497 e. The summed E-state index contributed by atoms with van der Waals surface area (Å²) in [5.41, 5.74) is 0.832. The van der Waals surface area contributed by atoms with Crippen LogP contribution in [0.4, 0.5) is 13.2 Å². The molecule has 0 bridgehead atoms. The molecule has 0 unspecified atom stereocenters. The molecule has 122 valence electrons. The van der Waals surface area contributed by atoms with Crippen LogP contribution in [0.2, 0.25) is 0 Å². The summed E-state index contributed by atoms with van der Waals surface area (Å²) in [7, 11) is 1.54. The van der Waals surface area contributed by atoms with Crippen LogP contribution in [0, 0.1) is 6.92 Å². The molecule has 1 amide bonds. The first kappa shape index (κ1) is 16.8. The van der Waals surface area contributed by atoms with Gasteiger partial charge < -0.3 is 10.1 Å². The number of carbonyl (C=O) groups excluding carboxylic acids is 1. The predicted molar refractivity (Wildman–Crippen MR) is 78.1 cm³/mol. The van der Waals surface area contributed by atoms with Gasteiger partial charge >= 0.3 is 6.18 Å². The van der Waals surface area contributed by atoms with Gasteiger partial charge in [-0.2, -0.15) is 13.2 Å². The monoisotopic (exact) mass is 324 g/mol. The maximum absolute atomic E-state index is 12.4. The molecule has 4 nitrogen and oxygen atoms in total. The fraction of sp³-hybridized carbons (Fsp3) is 0.250. The highest BCUT2D eigenvalue weighted by Crippen LogP contribution is 2.28. The number of nitrogens with zero attached hydrogens (tertiary/aromatic N) is 1. The molecule has 0 spiro atoms. The van der Waals surface area contributed by atoms with Crippen molar-refractivity contribution in [3.8, 4) is 5.75 Å². The average molecular weight is 324 g/mol. The van der Waals surface area contributed by atoms with Crippen molar-refractivity contribution in [3.05, 3.63) is 58.9 Å². The van der Waals surface area contributed by atoms with Crippen LogP contribution in [-0.4, -0.2) is 18.0 Å². The minimum absolute atomic E-state index is 0.0716. The van der Waals surface area contributed by atoms with E-state index < -0.39 is 17.6 Å². The predicted octanol–water partition coefficient (Wildman–Crippen LogP) is 3.35. The minimum atomic E-state index is -4.47. The second-order valence-electron chi connectivity index (χ2n) is 4.97. The number of benzene rings is 1. The van der Waals surface area contributed by atoms with Crippen molar-refractivity contribution < 1.29 is 22.7 Å². The van der Waals surface area contributed by atoms with Crippen molar-refractivity contribution in [2.45, 2.75) is 19.6 Å². The van der Waals surface area contributed by atoms with Crippen molar-refractivity contribution in [2.75, 3.05) is 7.11 Å². The van der Waals surface area contributed by atoms with E-state index >= 15 is 0 Å². The van der Waals surface area contributed by atoms with Crippen LogP contribution in [0.25, 0.3) is 0 Å². The summed E-state index contributed by atoms with van der Waals surface area (Å²) in [5, 5.41) is 2.61. The molecule has 0 aliphatic rings. The molecule has 0 saturated heterocycles. The number of amides is 1. The quantitative estimate of drug-likeness (QED) is 0.938. The Bertz CT molecular complexity index is 697. The Morgan fingerprint density at radius 1 is 1.26 bits per heavy atom. The van der Waals surface area contributed by atoms with Gasteiger partial charge in [0.2, 0.25) is 0 Å². The number of alkyl halides is 3. The molecule has 2 rings (SSSR count). The number of ether oxygens (including phenoxy) is 1. The van der Waals surface area contributed by atoms with Crippen molar-refractivity contribution in [3.63, 3.8) is 0 Å². The number of aryl methyl sites for hydroxylation is 1. The van der Waals surface area contributed by atoms with Crippen molar-refractivity contribution >= 4 is 5.91 Å². The van der Waals surface area contributed by atoms with Crippen LogP contribution in [0.3, 0.4) is 0 Å². The highest BCUT2D eigenvalue weighted by Gasteiger charge is 2.30. The van der Waals surface area contributed by atoms with Crippen molar-refractivity contribution in [1.29, 1.82) is 0 Å². The van der Waals surface area contributed by atoms with Crippen LogP contribution in [-0.2, 0) is 12.7 Å². The molecule has 2 aromatic rings. The molecule has 1 aromatic heterocycles. The number of hydrogen-bond donors (Lipinski definition) is 1. The standard InChI is InChI=1S/C16H15F3N2O2/c1-10-5-11(7-13(6-10)23-2)8-21-15(22)14-4-3-12(9-20-14)16(17,18)19/h3-7,9H,8H2,1-2H3,(H,21,22). The molecule has 0 aliphatic heterocycles. The third kappa shape index (κ3) is 4.45. The van der Waals surface area contributed by atoms with Crippen LogP contribution in [0.15, 0.2) is 36.5 Å². The van der Waals surface area contributed by atoms with E-state index in [0.717, 1.165) is 23.3 Å². The summed E-state index contributed by atoms with van der Waals surface area (Å²) in [6.07, 6.45) is -3.83. The van der Waals surface area contributed by atoms with E-state index in [2.05, 4.69) is 10.3 Å². The molecule has 7 heteroatoms. The summed E-state index contributed by atoms with van der Waals surface area (Å²) in [4.78, 5) is 15.5. The fourth-order valence-corrected chi connectivity index (χ4v) is 2.01. The van der Waals surface area contributed by atoms with E-state index in [1.807, 2.05) is 19.1 Å². The van der Waals surface area contributed by atoms with Gasteiger partial charge in [0.15, 0.2) is 0 Å². The Balaban J connectivity index is 2.04. The van der Waals surface area contributed by atoms with Crippen LogP contribution < -0.4 is 10.1 Å². The molecule has 0 saturated carbocycles. The number of pyridine rings is 1. The SMILES string of the molecule is COc1cc(C)cc(CNC(=O)c2ccc(C(F)(F)F)cn2)c1. The van der Waals surface area contributed by atoms with Gasteiger partial charge in [-0.3, -0.25) is 9.78 Å². The zero-order chi connectivity index (χ0) is 17.0. The van der Waals surface area contributed by atoms with Gasteiger partial charge in [-0.05, 0) is 42.3 Å². The van der Waals surface area contributed by atoms with Gasteiger partial charge in [-0.25, -0.2) is 0 Å². The molecule has 1 aromatic carbocycles. The van der Waals surface area contributed by atoms with Crippen LogP contribution in [0.5, 0.6) is 5.75 Å². The zero-order valence-corrected chi connectivity index (χ0v) is 12.6. The van der Waals surface area contributed by atoms with Gasteiger partial charge in [-0.1, -0.05) is 6.07 Å². The van der Waals surface area contributed by atoms with E-state index in [0.29, 0.717) is 11.9 Å². The van der Waals surface area contributed by atoms with Crippen molar-refractivity contribution in [2.24, 2.45) is 0 Å². The van der Waals surface area contributed by atoms with Gasteiger partial charge in [0.25, 0.3) is 5.91 Å². The molecular weight excluding hydrogens is 309 g/mol. The van der Waals surface area contributed by atoms with E-state index in [4.69, 9.17) is 4.74 Å². The molecule has 1 N–H and O–H groups in total. The summed E-state index contributed by atoms with van der Waals surface area (Å²) < 4.78 is 42.5. The average Bonchev–Trinajstić information content (AvgIpc) is 2.51. The summed E-state index contributed by atoms with van der Waals surface area (Å²) in [6, 6.07) is 7.38. The van der Waals surface area contributed by atoms with Crippen LogP contribution in [0.1, 0.15) is 27.2 Å². The third-order valence-corrected chi connectivity index (χ3v) is 3.12. The first-order valence-corrected chi connectivity index (χ1v) is 6.75. The second kappa shape index (κ2) is 6.68. The molecule has 0 radical (unpaired) electrons. The number of hydrogen-bond acceptors (Lipinski definition) is 3. The first-order valence-electron chi connectivity index (χ1n) is 6.75. The second-order valence-corrected chi connectivity index (χ2v) is 4.97. The smallest absolute Gasteiger partial charge is 0.417 e. The Hall–Kier alpha value is -2.57. The first-order chi connectivity index (χ1) is 10.8. The Morgan fingerprint density at radius 3 is 2.57 bits per heavy atom. The molecule has 0 aliphatic carbocycles. The van der Waals surface area contributed by atoms with Gasteiger partial charge in [0, 0.05) is 12.7 Å². The van der Waals surface area contributed by atoms with E-state index in [-0.39, 0.29) is 12.2 Å². The van der Waals surface area contributed by atoms with Crippen LogP contribution >= 0.6 is 0 Å². The number of halogens is 3. The number of rotatable bonds is 4. The zero-order valence-electron chi connectivity index (χ0n) is 12.6. The lowest BCUT2D eigenvalue weighted by atomic mass is 10.1. The maximum Gasteiger partial charge on any atom is 0.417 e. The molecule has 1 heterocycles. The maximum atomic E-state index is 12.4. The molecular formula is C16H15F3N2O2. The van der Waals surface area contributed by atoms with Gasteiger partial charge in [-0.15, -0.1) is 0 Å². The third-order valence-electron chi connectivity index (χ3n) is 3.12. The highest BCUT2D eigenvalue weighted by molar-refractivity contribution is 5.92. The lowest BCUT2D eigenvalue weighted by Gasteiger charge is -2.09. The molecule has 0 fully saturated rings. The normalized spacial score (nSPS) is 11.2. The van der Waals surface area contributed by atoms with Gasteiger partial charge in [0.1, 0.15) is 11.4 Å². The lowest BCUT2D eigenvalue weighted by molar-refractivity contribution is -0.137. The van der Waals surface area contributed by atoms with E-state index in [9.17, 15) is 18.0 Å². The number of aromatic nitrogens is 1. The summed E-state index contributed by atoms with van der Waals surface area (Å²) >= 11 is 0. The fourth-order valence-electron chi connectivity index (χ4n) is 2.01. The Kier molecular flexibility index (Phi) is 4.88. The highest BCUT2D eigenvalue weighted by atomic mass is 19.4. The number of carbonyl (C=O) groups is 1. The Labute approximate surface area is 131 Å². The molecule has 23 heavy (non-hydrogen) atoms. The molecule has 0 atom stereocenters.